The van der Waals surface area contributed by atoms with Gasteiger partial charge in [0.2, 0.25) is 11.8 Å². The van der Waals surface area contributed by atoms with Crippen molar-refractivity contribution in [2.45, 2.75) is 18.9 Å². The zero-order chi connectivity index (χ0) is 24.9. The second-order valence-corrected chi connectivity index (χ2v) is 7.86. The first-order chi connectivity index (χ1) is 16.9. The van der Waals surface area contributed by atoms with Crippen molar-refractivity contribution < 1.29 is 28.3 Å². The molecule has 9 heteroatoms. The Kier molecular flexibility index (Phi) is 6.86. The van der Waals surface area contributed by atoms with Crippen molar-refractivity contribution >= 4 is 29.3 Å². The first-order valence-electron chi connectivity index (χ1n) is 10.8. The van der Waals surface area contributed by atoms with Crippen LogP contribution in [0.3, 0.4) is 0 Å². The zero-order valence-corrected chi connectivity index (χ0v) is 18.8. The summed E-state index contributed by atoms with van der Waals surface area (Å²) in [4.78, 5) is 53.1. The Bertz CT molecular complexity index is 1250. The molecule has 1 aliphatic heterocycles. The number of halogens is 1. The molecule has 178 valence electrons. The number of methoxy groups -OCH3 is 1. The van der Waals surface area contributed by atoms with Crippen molar-refractivity contribution in [3.8, 4) is 5.75 Å². The standard InChI is InChI=1S/C26H22FN3O5/c1-35-21-13-7-17(8-14-21)15-24(32)30(28-25(33)18-5-3-2-4-6-18)22-16-23(31)29(26(22)34)20-11-9-19(27)10-12-20/h2-14,22H,15-16H2,1H3,(H,28,33). The van der Waals surface area contributed by atoms with Gasteiger partial charge in [-0.25, -0.2) is 14.3 Å². The molecule has 1 unspecified atom stereocenters. The van der Waals surface area contributed by atoms with Gasteiger partial charge < -0.3 is 4.74 Å². The summed E-state index contributed by atoms with van der Waals surface area (Å²) in [7, 11) is 1.52. The number of nitrogens with zero attached hydrogens (tertiary/aromatic N) is 2. The minimum Gasteiger partial charge on any atom is -0.497 e. The number of imide groups is 1. The van der Waals surface area contributed by atoms with E-state index in [4.69, 9.17) is 4.74 Å². The van der Waals surface area contributed by atoms with Crippen molar-refractivity contribution in [2.75, 3.05) is 12.0 Å². The maximum absolute atomic E-state index is 13.3. The maximum Gasteiger partial charge on any atom is 0.269 e. The summed E-state index contributed by atoms with van der Waals surface area (Å²) in [5, 5.41) is 0.920. The number of nitrogens with one attached hydrogen (secondary N) is 1. The average Bonchev–Trinajstić information content (AvgIpc) is 3.17. The Morgan fingerprint density at radius 3 is 2.29 bits per heavy atom. The molecular weight excluding hydrogens is 453 g/mol. The van der Waals surface area contributed by atoms with E-state index in [1.807, 2.05) is 0 Å². The van der Waals surface area contributed by atoms with Gasteiger partial charge in [-0.1, -0.05) is 30.3 Å². The number of amides is 4. The largest absolute Gasteiger partial charge is 0.497 e. The van der Waals surface area contributed by atoms with E-state index in [-0.39, 0.29) is 24.1 Å². The van der Waals surface area contributed by atoms with Gasteiger partial charge >= 0.3 is 0 Å². The SMILES string of the molecule is COc1ccc(CC(=O)N(NC(=O)c2ccccc2)C2CC(=O)N(c3ccc(F)cc3)C2=O)cc1. The number of carbonyl (C=O) groups excluding carboxylic acids is 4. The summed E-state index contributed by atoms with van der Waals surface area (Å²) in [6.45, 7) is 0. The van der Waals surface area contributed by atoms with E-state index >= 15 is 0 Å². The lowest BCUT2D eigenvalue weighted by Gasteiger charge is -2.28. The Labute approximate surface area is 200 Å². The predicted octanol–water partition coefficient (Wildman–Crippen LogP) is 2.88. The van der Waals surface area contributed by atoms with Gasteiger partial charge in [0.05, 0.1) is 25.6 Å². The zero-order valence-electron chi connectivity index (χ0n) is 18.8. The molecule has 1 heterocycles. The fourth-order valence-corrected chi connectivity index (χ4v) is 3.76. The Morgan fingerprint density at radius 1 is 1.00 bits per heavy atom. The van der Waals surface area contributed by atoms with Gasteiger partial charge in [0.15, 0.2) is 0 Å². The summed E-state index contributed by atoms with van der Waals surface area (Å²) >= 11 is 0. The molecule has 4 amide bonds. The van der Waals surface area contributed by atoms with Crippen LogP contribution in [0.2, 0.25) is 0 Å². The molecule has 0 bridgehead atoms. The topological polar surface area (TPSA) is 96.0 Å². The van der Waals surface area contributed by atoms with Crippen LogP contribution < -0.4 is 15.1 Å². The minimum atomic E-state index is -1.26. The number of rotatable bonds is 6. The highest BCUT2D eigenvalue weighted by Crippen LogP contribution is 2.26. The van der Waals surface area contributed by atoms with Gasteiger partial charge in [0.25, 0.3) is 11.8 Å². The lowest BCUT2D eigenvalue weighted by Crippen LogP contribution is -2.55. The van der Waals surface area contributed by atoms with Gasteiger partial charge in [-0.2, -0.15) is 0 Å². The Hall–Kier alpha value is -4.53. The Balaban J connectivity index is 1.61. The summed E-state index contributed by atoms with van der Waals surface area (Å²) in [6, 6.07) is 18.6. The summed E-state index contributed by atoms with van der Waals surface area (Å²) in [5.41, 5.74) is 3.60. The van der Waals surface area contributed by atoms with Crippen LogP contribution in [0.15, 0.2) is 78.9 Å². The molecule has 1 saturated heterocycles. The molecule has 1 aliphatic rings. The van der Waals surface area contributed by atoms with Crippen molar-refractivity contribution in [3.05, 3.63) is 95.8 Å². The molecule has 1 fully saturated rings. The van der Waals surface area contributed by atoms with Crippen LogP contribution in [-0.4, -0.2) is 41.8 Å². The lowest BCUT2D eigenvalue weighted by atomic mass is 10.1. The molecule has 35 heavy (non-hydrogen) atoms. The summed E-state index contributed by atoms with van der Waals surface area (Å²) < 4.78 is 18.5. The smallest absolute Gasteiger partial charge is 0.269 e. The molecule has 0 radical (unpaired) electrons. The Morgan fingerprint density at radius 2 is 1.66 bits per heavy atom. The second-order valence-electron chi connectivity index (χ2n) is 7.86. The molecule has 4 rings (SSSR count). The van der Waals surface area contributed by atoms with E-state index in [1.165, 1.54) is 19.2 Å². The van der Waals surface area contributed by atoms with E-state index in [0.717, 1.165) is 22.0 Å². The number of hydrazine groups is 1. The van der Waals surface area contributed by atoms with Gasteiger partial charge in [0, 0.05) is 5.56 Å². The molecule has 0 saturated carbocycles. The van der Waals surface area contributed by atoms with Crippen molar-refractivity contribution in [1.29, 1.82) is 0 Å². The van der Waals surface area contributed by atoms with Gasteiger partial charge in [0.1, 0.15) is 17.6 Å². The fourth-order valence-electron chi connectivity index (χ4n) is 3.76. The number of benzene rings is 3. The van der Waals surface area contributed by atoms with Gasteiger partial charge in [-0.15, -0.1) is 0 Å². The lowest BCUT2D eigenvalue weighted by molar-refractivity contribution is -0.140. The number of anilines is 1. The first-order valence-corrected chi connectivity index (χ1v) is 10.8. The number of ether oxygens (including phenoxy) is 1. The van der Waals surface area contributed by atoms with E-state index in [9.17, 15) is 23.6 Å². The molecule has 3 aromatic carbocycles. The normalized spacial score (nSPS) is 15.1. The molecule has 8 nitrogen and oxygen atoms in total. The highest BCUT2D eigenvalue weighted by molar-refractivity contribution is 6.23. The molecule has 3 aromatic rings. The van der Waals surface area contributed by atoms with E-state index < -0.39 is 35.5 Å². The third kappa shape index (κ3) is 5.19. The molecule has 0 aliphatic carbocycles. The molecule has 1 N–H and O–H groups in total. The third-order valence-electron chi connectivity index (χ3n) is 5.56. The second kappa shape index (κ2) is 10.2. The molecule has 1 atom stereocenters. The number of hydrogen-bond acceptors (Lipinski definition) is 5. The van der Waals surface area contributed by atoms with Gasteiger partial charge in [-0.05, 0) is 54.1 Å². The van der Waals surface area contributed by atoms with E-state index in [0.29, 0.717) is 11.3 Å². The van der Waals surface area contributed by atoms with E-state index in [2.05, 4.69) is 5.43 Å². The monoisotopic (exact) mass is 475 g/mol. The molecule has 0 aromatic heterocycles. The van der Waals surface area contributed by atoms with Crippen LogP contribution in [0.1, 0.15) is 22.3 Å². The van der Waals surface area contributed by atoms with Crippen LogP contribution in [0, 0.1) is 5.82 Å². The van der Waals surface area contributed by atoms with E-state index in [1.54, 1.807) is 54.6 Å². The van der Waals surface area contributed by atoms with Gasteiger partial charge in [-0.3, -0.25) is 24.6 Å². The molecular formula is C26H22FN3O5. The average molecular weight is 475 g/mol. The van der Waals surface area contributed by atoms with Crippen molar-refractivity contribution in [1.82, 2.24) is 10.4 Å². The van der Waals surface area contributed by atoms with Crippen LogP contribution in [0.25, 0.3) is 0 Å². The minimum absolute atomic E-state index is 0.131. The van der Waals surface area contributed by atoms with Crippen LogP contribution in [0.5, 0.6) is 5.75 Å². The first kappa shape index (κ1) is 23.6. The molecule has 0 spiro atoms. The number of hydrogen-bond donors (Lipinski definition) is 1. The van der Waals surface area contributed by atoms with Crippen molar-refractivity contribution in [2.24, 2.45) is 0 Å². The predicted molar refractivity (Wildman–Crippen MR) is 125 cm³/mol. The summed E-state index contributed by atoms with van der Waals surface area (Å²) in [5.74, 6) is -2.35. The van der Waals surface area contributed by atoms with Crippen LogP contribution in [-0.2, 0) is 20.8 Å². The highest BCUT2D eigenvalue weighted by Gasteiger charge is 2.45. The third-order valence-corrected chi connectivity index (χ3v) is 5.56. The maximum atomic E-state index is 13.3. The van der Waals surface area contributed by atoms with Crippen molar-refractivity contribution in [3.63, 3.8) is 0 Å². The quantitative estimate of drug-likeness (QED) is 0.437. The summed E-state index contributed by atoms with van der Waals surface area (Å²) in [6.07, 6.45) is -0.465. The highest BCUT2D eigenvalue weighted by atomic mass is 19.1. The fraction of sp³-hybridized carbons (Fsp3) is 0.154. The van der Waals surface area contributed by atoms with Crippen LogP contribution in [0.4, 0.5) is 10.1 Å². The van der Waals surface area contributed by atoms with Crippen LogP contribution >= 0.6 is 0 Å². The number of carbonyl (C=O) groups is 4.